The molecule has 4 nitrogen and oxygen atoms in total. The van der Waals surface area contributed by atoms with E-state index < -0.39 is 0 Å². The quantitative estimate of drug-likeness (QED) is 0.845. The fraction of sp³-hybridized carbons (Fsp3) is 0.412. The number of halogens is 1. The van der Waals surface area contributed by atoms with Crippen LogP contribution >= 0.6 is 0 Å². The minimum absolute atomic E-state index is 0.0180. The second kappa shape index (κ2) is 7.73. The molecule has 22 heavy (non-hydrogen) atoms. The zero-order chi connectivity index (χ0) is 15.9. The van der Waals surface area contributed by atoms with Crippen LogP contribution in [-0.2, 0) is 16.0 Å². The van der Waals surface area contributed by atoms with E-state index in [1.54, 1.807) is 23.1 Å². The Hall–Kier alpha value is -2.17. The summed E-state index contributed by atoms with van der Waals surface area (Å²) in [5.74, 6) is -0.367. The minimum Gasteiger partial charge on any atom is -0.352 e. The number of carbonyl (C=O) groups is 2. The molecule has 0 aromatic heterocycles. The van der Waals surface area contributed by atoms with Crippen LogP contribution in [0.3, 0.4) is 0 Å². The summed E-state index contributed by atoms with van der Waals surface area (Å²) in [5.41, 5.74) is 0.677. The molecule has 1 aliphatic rings. The molecule has 1 aromatic carbocycles. The molecule has 0 bridgehead atoms. The van der Waals surface area contributed by atoms with Gasteiger partial charge in [-0.3, -0.25) is 9.59 Å². The first-order valence-electron chi connectivity index (χ1n) is 7.51. The molecule has 0 radical (unpaired) electrons. The lowest BCUT2D eigenvalue weighted by Gasteiger charge is -2.31. The van der Waals surface area contributed by atoms with E-state index in [1.165, 1.54) is 12.1 Å². The number of carbonyl (C=O) groups excluding carboxylic acids is 2. The second-order valence-electron chi connectivity index (χ2n) is 5.50. The van der Waals surface area contributed by atoms with Crippen molar-refractivity contribution >= 4 is 11.8 Å². The van der Waals surface area contributed by atoms with Gasteiger partial charge in [-0.2, -0.15) is 0 Å². The van der Waals surface area contributed by atoms with E-state index in [1.807, 2.05) is 0 Å². The molecule has 1 aromatic rings. The third-order valence-corrected chi connectivity index (χ3v) is 3.88. The third kappa shape index (κ3) is 4.41. The maximum absolute atomic E-state index is 13.1. The van der Waals surface area contributed by atoms with Crippen molar-refractivity contribution in [3.63, 3.8) is 0 Å². The average Bonchev–Trinajstić information content (AvgIpc) is 2.52. The summed E-state index contributed by atoms with van der Waals surface area (Å²) < 4.78 is 13.1. The SMILES string of the molecule is C=CCNC(=O)C1CCN(C(=O)Cc2cccc(F)c2)CC1. The number of likely N-dealkylation sites (tertiary alicyclic amines) is 1. The molecule has 2 amide bonds. The normalized spacial score (nSPS) is 15.4. The molecule has 0 atom stereocenters. The summed E-state index contributed by atoms with van der Waals surface area (Å²) in [5, 5.41) is 2.79. The molecule has 0 spiro atoms. The summed E-state index contributed by atoms with van der Waals surface area (Å²) in [6.07, 6.45) is 3.18. The van der Waals surface area contributed by atoms with Gasteiger partial charge in [-0.1, -0.05) is 18.2 Å². The first-order valence-corrected chi connectivity index (χ1v) is 7.51. The Labute approximate surface area is 130 Å². The van der Waals surface area contributed by atoms with E-state index in [4.69, 9.17) is 0 Å². The van der Waals surface area contributed by atoms with Gasteiger partial charge in [-0.05, 0) is 30.5 Å². The summed E-state index contributed by atoms with van der Waals surface area (Å²) in [6.45, 7) is 5.17. The first-order chi connectivity index (χ1) is 10.6. The number of hydrogen-bond acceptors (Lipinski definition) is 2. The highest BCUT2D eigenvalue weighted by Gasteiger charge is 2.26. The van der Waals surface area contributed by atoms with Crippen molar-refractivity contribution < 1.29 is 14.0 Å². The van der Waals surface area contributed by atoms with Crippen molar-refractivity contribution in [3.8, 4) is 0 Å². The van der Waals surface area contributed by atoms with Crippen LogP contribution in [-0.4, -0.2) is 36.3 Å². The highest BCUT2D eigenvalue weighted by Crippen LogP contribution is 2.18. The number of piperidine rings is 1. The monoisotopic (exact) mass is 304 g/mol. The van der Waals surface area contributed by atoms with Gasteiger partial charge in [0.15, 0.2) is 0 Å². The molecule has 1 N–H and O–H groups in total. The highest BCUT2D eigenvalue weighted by molar-refractivity contribution is 5.81. The van der Waals surface area contributed by atoms with Crippen LogP contribution in [0, 0.1) is 11.7 Å². The lowest BCUT2D eigenvalue weighted by molar-refractivity contribution is -0.135. The predicted molar refractivity (Wildman–Crippen MR) is 82.6 cm³/mol. The molecule has 0 unspecified atom stereocenters. The molecule has 5 heteroatoms. The molecule has 118 valence electrons. The fourth-order valence-electron chi connectivity index (χ4n) is 2.64. The van der Waals surface area contributed by atoms with Crippen LogP contribution < -0.4 is 5.32 Å². The van der Waals surface area contributed by atoms with Crippen molar-refractivity contribution in [2.45, 2.75) is 19.3 Å². The Morgan fingerprint density at radius 1 is 1.36 bits per heavy atom. The first kappa shape index (κ1) is 16.2. The van der Waals surface area contributed by atoms with Gasteiger partial charge in [-0.25, -0.2) is 4.39 Å². The third-order valence-electron chi connectivity index (χ3n) is 3.88. The topological polar surface area (TPSA) is 49.4 Å². The van der Waals surface area contributed by atoms with Crippen molar-refractivity contribution in [1.82, 2.24) is 10.2 Å². The average molecular weight is 304 g/mol. The number of rotatable bonds is 5. The number of amides is 2. The van der Waals surface area contributed by atoms with Gasteiger partial charge >= 0.3 is 0 Å². The highest BCUT2D eigenvalue weighted by atomic mass is 19.1. The van der Waals surface area contributed by atoms with Crippen LogP contribution in [0.1, 0.15) is 18.4 Å². The predicted octanol–water partition coefficient (Wildman–Crippen LogP) is 1.91. The summed E-state index contributed by atoms with van der Waals surface area (Å²) in [7, 11) is 0. The van der Waals surface area contributed by atoms with Crippen LogP contribution in [0.15, 0.2) is 36.9 Å². The van der Waals surface area contributed by atoms with Gasteiger partial charge in [0, 0.05) is 25.6 Å². The molecular weight excluding hydrogens is 283 g/mol. The molecule has 1 heterocycles. The Bertz CT molecular complexity index is 551. The molecule has 1 fully saturated rings. The van der Waals surface area contributed by atoms with E-state index in [0.29, 0.717) is 38.0 Å². The minimum atomic E-state index is -0.331. The molecule has 2 rings (SSSR count). The number of nitrogens with zero attached hydrogens (tertiary/aromatic N) is 1. The van der Waals surface area contributed by atoms with E-state index in [9.17, 15) is 14.0 Å². The van der Waals surface area contributed by atoms with Gasteiger partial charge in [0.25, 0.3) is 0 Å². The molecule has 1 aliphatic heterocycles. The van der Waals surface area contributed by atoms with Crippen molar-refractivity contribution in [2.75, 3.05) is 19.6 Å². The van der Waals surface area contributed by atoms with Gasteiger partial charge in [0.1, 0.15) is 5.82 Å². The van der Waals surface area contributed by atoms with Gasteiger partial charge in [-0.15, -0.1) is 6.58 Å². The number of hydrogen-bond donors (Lipinski definition) is 1. The van der Waals surface area contributed by atoms with Crippen LogP contribution in [0.25, 0.3) is 0 Å². The zero-order valence-corrected chi connectivity index (χ0v) is 12.6. The molecule has 0 aliphatic carbocycles. The van der Waals surface area contributed by atoms with Crippen LogP contribution in [0.2, 0.25) is 0 Å². The summed E-state index contributed by atoms with van der Waals surface area (Å²) in [4.78, 5) is 25.8. The van der Waals surface area contributed by atoms with Gasteiger partial charge in [0.2, 0.25) is 11.8 Å². The Morgan fingerprint density at radius 2 is 2.09 bits per heavy atom. The van der Waals surface area contributed by atoms with Crippen molar-refractivity contribution in [2.24, 2.45) is 5.92 Å². The van der Waals surface area contributed by atoms with Gasteiger partial charge < -0.3 is 10.2 Å². The van der Waals surface area contributed by atoms with E-state index in [0.717, 1.165) is 0 Å². The van der Waals surface area contributed by atoms with E-state index >= 15 is 0 Å². The lowest BCUT2D eigenvalue weighted by atomic mass is 9.95. The number of nitrogens with one attached hydrogen (secondary N) is 1. The Balaban J connectivity index is 1.82. The lowest BCUT2D eigenvalue weighted by Crippen LogP contribution is -2.43. The second-order valence-corrected chi connectivity index (χ2v) is 5.50. The summed E-state index contributed by atoms with van der Waals surface area (Å²) >= 11 is 0. The van der Waals surface area contributed by atoms with E-state index in [-0.39, 0.29) is 30.0 Å². The zero-order valence-electron chi connectivity index (χ0n) is 12.6. The van der Waals surface area contributed by atoms with Crippen LogP contribution in [0.5, 0.6) is 0 Å². The van der Waals surface area contributed by atoms with Gasteiger partial charge in [0.05, 0.1) is 6.42 Å². The standard InChI is InChI=1S/C17H21FN2O2/c1-2-8-19-17(22)14-6-9-20(10-7-14)16(21)12-13-4-3-5-15(18)11-13/h2-5,11,14H,1,6-10,12H2,(H,19,22). The van der Waals surface area contributed by atoms with E-state index in [2.05, 4.69) is 11.9 Å². The maximum atomic E-state index is 13.1. The van der Waals surface area contributed by atoms with Crippen molar-refractivity contribution in [1.29, 1.82) is 0 Å². The molecular formula is C17H21FN2O2. The fourth-order valence-corrected chi connectivity index (χ4v) is 2.64. The largest absolute Gasteiger partial charge is 0.352 e. The van der Waals surface area contributed by atoms with Crippen LogP contribution in [0.4, 0.5) is 4.39 Å². The Morgan fingerprint density at radius 3 is 2.73 bits per heavy atom. The Kier molecular flexibility index (Phi) is 5.69. The molecule has 1 saturated heterocycles. The number of benzene rings is 1. The smallest absolute Gasteiger partial charge is 0.226 e. The molecule has 0 saturated carbocycles. The maximum Gasteiger partial charge on any atom is 0.226 e. The summed E-state index contributed by atoms with van der Waals surface area (Å²) in [6, 6.07) is 6.10. The van der Waals surface area contributed by atoms with Crippen molar-refractivity contribution in [3.05, 3.63) is 48.3 Å².